The number of aromatic nitrogens is 2. The van der Waals surface area contributed by atoms with Crippen molar-refractivity contribution in [2.24, 2.45) is 0 Å². The van der Waals surface area contributed by atoms with Crippen LogP contribution in [0.5, 0.6) is 5.75 Å². The van der Waals surface area contributed by atoms with Gasteiger partial charge in [-0.25, -0.2) is 4.39 Å². The average Bonchev–Trinajstić information content (AvgIpc) is 3.10. The van der Waals surface area contributed by atoms with Gasteiger partial charge in [0.25, 0.3) is 5.91 Å². The third-order valence-corrected chi connectivity index (χ3v) is 4.55. The fraction of sp³-hybridized carbons (Fsp3) is 0.222. The van der Waals surface area contributed by atoms with E-state index in [4.69, 9.17) is 0 Å². The van der Waals surface area contributed by atoms with Gasteiger partial charge in [0.2, 0.25) is 0 Å². The number of rotatable bonds is 2. The summed E-state index contributed by atoms with van der Waals surface area (Å²) >= 11 is 0. The molecule has 0 spiro atoms. The van der Waals surface area contributed by atoms with E-state index in [0.717, 1.165) is 5.56 Å². The summed E-state index contributed by atoms with van der Waals surface area (Å²) in [5.74, 6) is -0.686. The van der Waals surface area contributed by atoms with Gasteiger partial charge in [-0.2, -0.15) is 5.10 Å². The molecule has 0 radical (unpaired) electrons. The molecule has 0 aliphatic carbocycles. The molecule has 1 aromatic heterocycles. The Balaban J connectivity index is 1.62. The van der Waals surface area contributed by atoms with Crippen LogP contribution >= 0.6 is 0 Å². The van der Waals surface area contributed by atoms with Crippen LogP contribution in [0.3, 0.4) is 0 Å². The van der Waals surface area contributed by atoms with Gasteiger partial charge >= 0.3 is 0 Å². The summed E-state index contributed by atoms with van der Waals surface area (Å²) in [6.45, 7) is 1.54. The second kappa shape index (κ2) is 6.18. The van der Waals surface area contributed by atoms with Gasteiger partial charge in [0.1, 0.15) is 11.6 Å². The molecule has 3 N–H and O–H groups in total. The number of phenols is 1. The van der Waals surface area contributed by atoms with E-state index >= 15 is 0 Å². The zero-order chi connectivity index (χ0) is 17.4. The van der Waals surface area contributed by atoms with Crippen molar-refractivity contribution in [1.82, 2.24) is 20.4 Å². The summed E-state index contributed by atoms with van der Waals surface area (Å²) in [7, 11) is 0. The Labute approximate surface area is 143 Å². The van der Waals surface area contributed by atoms with Gasteiger partial charge in [0.15, 0.2) is 0 Å². The number of phenolic OH excluding ortho intramolecular Hbond substituents is 1. The number of H-pyrrole nitrogens is 1. The monoisotopic (exact) mass is 340 g/mol. The molecule has 2 heterocycles. The largest absolute Gasteiger partial charge is 0.508 e. The van der Waals surface area contributed by atoms with Gasteiger partial charge in [0, 0.05) is 31.1 Å². The predicted molar refractivity (Wildman–Crippen MR) is 90.8 cm³/mol. The van der Waals surface area contributed by atoms with Crippen LogP contribution in [0.25, 0.3) is 10.9 Å². The molecule has 25 heavy (non-hydrogen) atoms. The lowest BCUT2D eigenvalue weighted by molar-refractivity contribution is 0.0700. The Morgan fingerprint density at radius 2 is 2.04 bits per heavy atom. The van der Waals surface area contributed by atoms with Gasteiger partial charge in [-0.15, -0.1) is 0 Å². The van der Waals surface area contributed by atoms with Crippen LogP contribution in [-0.2, 0) is 0 Å². The number of amides is 1. The molecule has 6 nitrogen and oxygen atoms in total. The normalized spacial score (nSPS) is 17.8. The fourth-order valence-electron chi connectivity index (χ4n) is 3.23. The number of benzene rings is 2. The number of nitrogens with zero attached hydrogens (tertiary/aromatic N) is 2. The van der Waals surface area contributed by atoms with Crippen LogP contribution in [0.1, 0.15) is 22.0 Å². The van der Waals surface area contributed by atoms with Crippen molar-refractivity contribution < 1.29 is 14.3 Å². The van der Waals surface area contributed by atoms with Crippen molar-refractivity contribution in [1.29, 1.82) is 0 Å². The number of nitrogens with one attached hydrogen (secondary N) is 2. The van der Waals surface area contributed by atoms with Crippen LogP contribution < -0.4 is 5.32 Å². The molecular formula is C18H17FN4O2. The van der Waals surface area contributed by atoms with Gasteiger partial charge in [-0.1, -0.05) is 12.1 Å². The third kappa shape index (κ3) is 2.83. The Morgan fingerprint density at radius 3 is 2.84 bits per heavy atom. The average molecular weight is 340 g/mol. The Kier molecular flexibility index (Phi) is 3.85. The molecule has 0 saturated carbocycles. The second-order valence-electron chi connectivity index (χ2n) is 6.10. The predicted octanol–water partition coefficient (Wildman–Crippen LogP) is 2.19. The van der Waals surface area contributed by atoms with Crippen LogP contribution in [-0.4, -0.2) is 45.7 Å². The maximum Gasteiger partial charge on any atom is 0.257 e. The number of aromatic amines is 1. The highest BCUT2D eigenvalue weighted by Crippen LogP contribution is 2.25. The van der Waals surface area contributed by atoms with Crippen LogP contribution in [0.15, 0.2) is 42.6 Å². The van der Waals surface area contributed by atoms with E-state index in [2.05, 4.69) is 15.5 Å². The fourth-order valence-corrected chi connectivity index (χ4v) is 3.23. The second-order valence-corrected chi connectivity index (χ2v) is 6.10. The first-order chi connectivity index (χ1) is 12.1. The minimum absolute atomic E-state index is 0.0533. The highest BCUT2D eigenvalue weighted by Gasteiger charge is 2.28. The lowest BCUT2D eigenvalue weighted by Gasteiger charge is -2.34. The lowest BCUT2D eigenvalue weighted by Crippen LogP contribution is -2.48. The molecule has 4 rings (SSSR count). The van der Waals surface area contributed by atoms with Gasteiger partial charge in [-0.05, 0) is 29.8 Å². The van der Waals surface area contributed by atoms with Gasteiger partial charge < -0.3 is 15.3 Å². The maximum absolute atomic E-state index is 14.3. The molecule has 1 atom stereocenters. The Morgan fingerprint density at radius 1 is 1.24 bits per heavy atom. The number of carbonyl (C=O) groups excluding carboxylic acids is 1. The smallest absolute Gasteiger partial charge is 0.257 e. The van der Waals surface area contributed by atoms with Crippen molar-refractivity contribution in [3.05, 3.63) is 59.5 Å². The van der Waals surface area contributed by atoms with Gasteiger partial charge in [0.05, 0.1) is 17.3 Å². The number of piperazine rings is 1. The van der Waals surface area contributed by atoms with Gasteiger partial charge in [-0.3, -0.25) is 9.89 Å². The zero-order valence-electron chi connectivity index (χ0n) is 13.4. The lowest BCUT2D eigenvalue weighted by atomic mass is 10.0. The minimum Gasteiger partial charge on any atom is -0.508 e. The van der Waals surface area contributed by atoms with E-state index in [0.29, 0.717) is 30.5 Å². The molecule has 1 aliphatic rings. The number of fused-ring (bicyclic) bond motifs is 1. The number of hydrogen-bond acceptors (Lipinski definition) is 4. The van der Waals surface area contributed by atoms with Crippen molar-refractivity contribution in [3.8, 4) is 5.75 Å². The number of halogens is 1. The van der Waals surface area contributed by atoms with E-state index in [1.54, 1.807) is 23.1 Å². The molecule has 1 unspecified atom stereocenters. The van der Waals surface area contributed by atoms with Crippen LogP contribution in [0, 0.1) is 5.82 Å². The minimum atomic E-state index is -0.543. The first kappa shape index (κ1) is 15.6. The summed E-state index contributed by atoms with van der Waals surface area (Å²) in [5, 5.41) is 19.9. The first-order valence-electron chi connectivity index (χ1n) is 8.06. The molecule has 3 aromatic rings. The highest BCUT2D eigenvalue weighted by atomic mass is 19.1. The summed E-state index contributed by atoms with van der Waals surface area (Å²) in [6.07, 6.45) is 1.48. The molecule has 2 aromatic carbocycles. The molecule has 128 valence electrons. The van der Waals surface area contributed by atoms with Crippen molar-refractivity contribution in [2.75, 3.05) is 19.6 Å². The van der Waals surface area contributed by atoms with E-state index in [1.165, 1.54) is 12.3 Å². The molecular weight excluding hydrogens is 323 g/mol. The van der Waals surface area contributed by atoms with Crippen molar-refractivity contribution >= 4 is 16.8 Å². The Bertz CT molecular complexity index is 922. The summed E-state index contributed by atoms with van der Waals surface area (Å²) in [4.78, 5) is 14.6. The molecule has 0 bridgehead atoms. The SMILES string of the molecule is O=C(c1c(F)ccc2[nH]ncc12)N1CCNC(c2ccc(O)cc2)C1. The van der Waals surface area contributed by atoms with Crippen molar-refractivity contribution in [2.45, 2.75) is 6.04 Å². The molecule has 1 saturated heterocycles. The van der Waals surface area contributed by atoms with Crippen LogP contribution in [0.2, 0.25) is 0 Å². The van der Waals surface area contributed by atoms with Crippen LogP contribution in [0.4, 0.5) is 4.39 Å². The number of aromatic hydroxyl groups is 1. The molecule has 1 amide bonds. The molecule has 7 heteroatoms. The number of carbonyl (C=O) groups is 1. The summed E-state index contributed by atoms with van der Waals surface area (Å²) in [5.41, 5.74) is 1.66. The van der Waals surface area contributed by atoms with E-state index < -0.39 is 5.82 Å². The topological polar surface area (TPSA) is 81.2 Å². The Hall–Kier alpha value is -2.93. The van der Waals surface area contributed by atoms with E-state index in [9.17, 15) is 14.3 Å². The van der Waals surface area contributed by atoms with E-state index in [-0.39, 0.29) is 23.3 Å². The summed E-state index contributed by atoms with van der Waals surface area (Å²) in [6, 6.07) is 9.66. The highest BCUT2D eigenvalue weighted by molar-refractivity contribution is 6.06. The van der Waals surface area contributed by atoms with Crippen molar-refractivity contribution in [3.63, 3.8) is 0 Å². The maximum atomic E-state index is 14.3. The molecule has 1 aliphatic heterocycles. The third-order valence-electron chi connectivity index (χ3n) is 4.55. The zero-order valence-corrected chi connectivity index (χ0v) is 13.4. The summed E-state index contributed by atoms with van der Waals surface area (Å²) < 4.78 is 14.3. The standard InChI is InChI=1S/C18H17FN4O2/c19-14-5-6-15-13(9-21-22-15)17(14)18(25)23-8-7-20-16(10-23)11-1-3-12(24)4-2-11/h1-6,9,16,20,24H,7-8,10H2,(H,21,22). The van der Waals surface area contributed by atoms with E-state index in [1.807, 2.05) is 12.1 Å². The quantitative estimate of drug-likeness (QED) is 0.668. The molecule has 1 fully saturated rings. The number of hydrogen-bond donors (Lipinski definition) is 3. The first-order valence-corrected chi connectivity index (χ1v) is 8.06.